The smallest absolute Gasteiger partial charge is 0.338 e. The van der Waals surface area contributed by atoms with Gasteiger partial charge < -0.3 is 19.8 Å². The van der Waals surface area contributed by atoms with Crippen molar-refractivity contribution < 1.29 is 19.1 Å². The van der Waals surface area contributed by atoms with Crippen molar-refractivity contribution in [3.05, 3.63) is 51.8 Å². The average Bonchev–Trinajstić information content (AvgIpc) is 3.25. The second kappa shape index (κ2) is 8.15. The fraction of sp³-hybridized carbons (Fsp3) is 0.400. The maximum Gasteiger partial charge on any atom is 0.338 e. The van der Waals surface area contributed by atoms with E-state index in [-0.39, 0.29) is 29.7 Å². The van der Waals surface area contributed by atoms with Crippen molar-refractivity contribution in [3.8, 4) is 0 Å². The van der Waals surface area contributed by atoms with Crippen molar-refractivity contribution in [3.63, 3.8) is 0 Å². The van der Waals surface area contributed by atoms with Gasteiger partial charge in [0.2, 0.25) is 5.78 Å². The van der Waals surface area contributed by atoms with Crippen LogP contribution >= 0.6 is 11.6 Å². The second-order valence-corrected chi connectivity index (χ2v) is 7.17. The van der Waals surface area contributed by atoms with Gasteiger partial charge in [-0.2, -0.15) is 0 Å². The Balaban J connectivity index is 1.65. The number of anilines is 1. The van der Waals surface area contributed by atoms with Crippen LogP contribution < -0.4 is 5.73 Å². The van der Waals surface area contributed by atoms with Gasteiger partial charge in [-0.1, -0.05) is 11.6 Å². The molecule has 7 heteroatoms. The van der Waals surface area contributed by atoms with Gasteiger partial charge >= 0.3 is 5.97 Å². The number of nitrogen functional groups attached to an aromatic ring is 1. The van der Waals surface area contributed by atoms with Gasteiger partial charge in [0.25, 0.3) is 0 Å². The van der Waals surface area contributed by atoms with Gasteiger partial charge in [-0.25, -0.2) is 4.79 Å². The molecule has 0 saturated carbocycles. The topological polar surface area (TPSA) is 83.5 Å². The summed E-state index contributed by atoms with van der Waals surface area (Å²) in [6.07, 6.45) is 2.29. The van der Waals surface area contributed by atoms with E-state index in [9.17, 15) is 9.59 Å². The number of halogens is 1. The quantitative estimate of drug-likeness (QED) is 0.463. The lowest BCUT2D eigenvalue weighted by Gasteiger charge is -2.14. The number of carbonyl (C=O) groups excluding carboxylic acids is 2. The molecule has 0 aliphatic carbocycles. The molecule has 1 aromatic carbocycles. The van der Waals surface area contributed by atoms with Crippen molar-refractivity contribution in [2.75, 3.05) is 18.9 Å². The number of ether oxygens (including phenoxy) is 2. The monoisotopic (exact) mass is 390 g/mol. The van der Waals surface area contributed by atoms with Crippen LogP contribution in [0.25, 0.3) is 0 Å². The molecule has 0 amide bonds. The first kappa shape index (κ1) is 19.5. The Morgan fingerprint density at radius 3 is 2.78 bits per heavy atom. The van der Waals surface area contributed by atoms with E-state index < -0.39 is 5.97 Å². The molecule has 6 nitrogen and oxygen atoms in total. The van der Waals surface area contributed by atoms with Crippen LogP contribution in [0.3, 0.4) is 0 Å². The van der Waals surface area contributed by atoms with Crippen molar-refractivity contribution in [1.82, 2.24) is 4.57 Å². The largest absolute Gasteiger partial charge is 0.454 e. The number of hydrogen-bond donors (Lipinski definition) is 1. The average molecular weight is 391 g/mol. The highest BCUT2D eigenvalue weighted by Gasteiger charge is 2.22. The Morgan fingerprint density at radius 2 is 2.11 bits per heavy atom. The van der Waals surface area contributed by atoms with Gasteiger partial charge in [0.05, 0.1) is 22.4 Å². The number of benzene rings is 1. The summed E-state index contributed by atoms with van der Waals surface area (Å²) in [6.45, 7) is 5.06. The summed E-state index contributed by atoms with van der Waals surface area (Å²) < 4.78 is 12.9. The molecular formula is C20H23ClN2O4. The zero-order valence-electron chi connectivity index (χ0n) is 15.5. The third-order valence-electron chi connectivity index (χ3n) is 4.85. The fourth-order valence-electron chi connectivity index (χ4n) is 3.32. The minimum Gasteiger partial charge on any atom is -0.454 e. The van der Waals surface area contributed by atoms with E-state index in [0.29, 0.717) is 10.6 Å². The van der Waals surface area contributed by atoms with Crippen LogP contribution in [0.1, 0.15) is 44.9 Å². The molecule has 2 heterocycles. The summed E-state index contributed by atoms with van der Waals surface area (Å²) in [5, 5.41) is 0.362. The molecule has 0 spiro atoms. The van der Waals surface area contributed by atoms with Crippen molar-refractivity contribution in [2.45, 2.75) is 39.3 Å². The Bertz CT molecular complexity index is 869. The van der Waals surface area contributed by atoms with Gasteiger partial charge in [-0.15, -0.1) is 0 Å². The molecule has 1 saturated heterocycles. The summed E-state index contributed by atoms with van der Waals surface area (Å²) in [7, 11) is 0. The minimum atomic E-state index is -0.611. The predicted octanol–water partition coefficient (Wildman–Crippen LogP) is 3.56. The highest BCUT2D eigenvalue weighted by Crippen LogP contribution is 2.22. The van der Waals surface area contributed by atoms with E-state index in [2.05, 4.69) is 4.57 Å². The standard InChI is InChI=1S/C20H23ClN2O4/c1-12-8-16(13(2)23(12)10-15-4-3-7-26-15)19(24)11-27-20(25)14-5-6-17(21)18(22)9-14/h5-6,8-9,15H,3-4,7,10-11,22H2,1-2H3. The van der Waals surface area contributed by atoms with E-state index in [1.165, 1.54) is 18.2 Å². The van der Waals surface area contributed by atoms with Gasteiger partial charge in [0, 0.05) is 30.1 Å². The van der Waals surface area contributed by atoms with Crippen molar-refractivity contribution in [1.29, 1.82) is 0 Å². The van der Waals surface area contributed by atoms with Crippen LogP contribution in [0.2, 0.25) is 5.02 Å². The van der Waals surface area contributed by atoms with E-state index in [0.717, 1.165) is 37.4 Å². The minimum absolute atomic E-state index is 0.186. The number of carbonyl (C=O) groups is 2. The molecule has 1 fully saturated rings. The molecule has 2 N–H and O–H groups in total. The molecule has 27 heavy (non-hydrogen) atoms. The van der Waals surface area contributed by atoms with Gasteiger partial charge in [-0.3, -0.25) is 4.79 Å². The molecule has 1 atom stereocenters. The second-order valence-electron chi connectivity index (χ2n) is 6.77. The number of hydrogen-bond acceptors (Lipinski definition) is 5. The molecule has 1 aromatic heterocycles. The molecule has 3 rings (SSSR count). The normalized spacial score (nSPS) is 16.5. The third-order valence-corrected chi connectivity index (χ3v) is 5.19. The molecule has 2 aromatic rings. The first-order valence-corrected chi connectivity index (χ1v) is 9.28. The van der Waals surface area contributed by atoms with Crippen LogP contribution in [0.4, 0.5) is 5.69 Å². The van der Waals surface area contributed by atoms with Gasteiger partial charge in [-0.05, 0) is 51.0 Å². The lowest BCUT2D eigenvalue weighted by Crippen LogP contribution is -2.18. The number of Topliss-reactive ketones (excluding diaryl/α,β-unsaturated/α-hetero) is 1. The van der Waals surface area contributed by atoms with E-state index in [1.807, 2.05) is 19.9 Å². The summed E-state index contributed by atoms with van der Waals surface area (Å²) in [4.78, 5) is 24.7. The van der Waals surface area contributed by atoms with Crippen molar-refractivity contribution >= 4 is 29.0 Å². The lowest BCUT2D eigenvalue weighted by atomic mass is 10.1. The van der Waals surface area contributed by atoms with Crippen LogP contribution in [-0.2, 0) is 16.0 Å². The van der Waals surface area contributed by atoms with E-state index in [1.54, 1.807) is 0 Å². The summed E-state index contributed by atoms with van der Waals surface area (Å²) in [5.41, 5.74) is 8.65. The van der Waals surface area contributed by atoms with Crippen LogP contribution in [0.15, 0.2) is 24.3 Å². The zero-order valence-corrected chi connectivity index (χ0v) is 16.2. The Labute approximate surface area is 163 Å². The third kappa shape index (κ3) is 4.34. The fourth-order valence-corrected chi connectivity index (χ4v) is 3.44. The number of aromatic nitrogens is 1. The summed E-state index contributed by atoms with van der Waals surface area (Å²) >= 11 is 5.85. The van der Waals surface area contributed by atoms with E-state index in [4.69, 9.17) is 26.8 Å². The number of ketones is 1. The zero-order chi connectivity index (χ0) is 19.6. The van der Waals surface area contributed by atoms with Crippen LogP contribution in [0, 0.1) is 13.8 Å². The summed E-state index contributed by atoms with van der Waals surface area (Å²) in [6, 6.07) is 6.30. The maximum absolute atomic E-state index is 12.6. The highest BCUT2D eigenvalue weighted by atomic mass is 35.5. The number of nitrogens with zero attached hydrogens (tertiary/aromatic N) is 1. The SMILES string of the molecule is Cc1cc(C(=O)COC(=O)c2ccc(Cl)c(N)c2)c(C)n1CC1CCCO1. The number of aryl methyl sites for hydroxylation is 1. The number of rotatable bonds is 6. The van der Waals surface area contributed by atoms with E-state index >= 15 is 0 Å². The number of nitrogens with two attached hydrogens (primary N) is 1. The summed E-state index contributed by atoms with van der Waals surface area (Å²) in [5.74, 6) is -0.850. The molecule has 0 bridgehead atoms. The molecule has 0 radical (unpaired) electrons. The first-order chi connectivity index (χ1) is 12.9. The van der Waals surface area contributed by atoms with Crippen LogP contribution in [-0.4, -0.2) is 35.6 Å². The first-order valence-electron chi connectivity index (χ1n) is 8.90. The molecule has 144 valence electrons. The van der Waals surface area contributed by atoms with Crippen LogP contribution in [0.5, 0.6) is 0 Å². The molecule has 1 aliphatic rings. The molecule has 1 unspecified atom stereocenters. The molecular weight excluding hydrogens is 368 g/mol. The van der Waals surface area contributed by atoms with Crippen molar-refractivity contribution in [2.24, 2.45) is 0 Å². The van der Waals surface area contributed by atoms with Gasteiger partial charge in [0.15, 0.2) is 6.61 Å². The van der Waals surface area contributed by atoms with Gasteiger partial charge in [0.1, 0.15) is 0 Å². The highest BCUT2D eigenvalue weighted by molar-refractivity contribution is 6.33. The Morgan fingerprint density at radius 1 is 1.33 bits per heavy atom. The lowest BCUT2D eigenvalue weighted by molar-refractivity contribution is 0.0474. The maximum atomic E-state index is 12.6. The molecule has 1 aliphatic heterocycles. The Kier molecular flexibility index (Phi) is 5.87. The predicted molar refractivity (Wildman–Crippen MR) is 103 cm³/mol. The number of esters is 1. The Hall–Kier alpha value is -2.31.